The number of imidazole rings is 1. The minimum absolute atomic E-state index is 0.0680. The normalized spacial score (nSPS) is 18.0. The number of fused-ring (bicyclic) bond motifs is 1. The highest BCUT2D eigenvalue weighted by Gasteiger charge is 2.26. The summed E-state index contributed by atoms with van der Waals surface area (Å²) >= 11 is 0. The zero-order valence-corrected chi connectivity index (χ0v) is 13.2. The van der Waals surface area contributed by atoms with Gasteiger partial charge in [-0.15, -0.1) is 0 Å². The molecule has 2 aliphatic rings. The average molecular weight is 310 g/mol. The molecule has 2 amide bonds. The van der Waals surface area contributed by atoms with Crippen LogP contribution >= 0.6 is 0 Å². The summed E-state index contributed by atoms with van der Waals surface area (Å²) in [5, 5.41) is 3.17. The standard InChI is InChI=1S/C18H22N4O/c23-18(19-14-8-4-5-9-14)22-11-10-15-16(12-22)21-17(20-15)13-6-2-1-3-7-13/h1-3,6-7,14H,4-5,8-12H2,(H,19,23)(H,20,21). The zero-order chi connectivity index (χ0) is 15.6. The van der Waals surface area contributed by atoms with Crippen molar-refractivity contribution >= 4 is 6.03 Å². The number of rotatable bonds is 2. The van der Waals surface area contributed by atoms with E-state index in [0.29, 0.717) is 12.6 Å². The quantitative estimate of drug-likeness (QED) is 0.895. The molecule has 4 rings (SSSR count). The molecule has 0 radical (unpaired) electrons. The highest BCUT2D eigenvalue weighted by molar-refractivity contribution is 5.75. The maximum atomic E-state index is 12.4. The number of urea groups is 1. The van der Waals surface area contributed by atoms with Crippen molar-refractivity contribution in [3.05, 3.63) is 41.7 Å². The van der Waals surface area contributed by atoms with Crippen LogP contribution in [-0.2, 0) is 13.0 Å². The first-order valence-corrected chi connectivity index (χ1v) is 8.48. The molecule has 0 bridgehead atoms. The van der Waals surface area contributed by atoms with Crippen LogP contribution in [0.3, 0.4) is 0 Å². The van der Waals surface area contributed by atoms with Crippen molar-refractivity contribution in [3.63, 3.8) is 0 Å². The Morgan fingerprint density at radius 3 is 2.78 bits per heavy atom. The second-order valence-corrected chi connectivity index (χ2v) is 6.48. The zero-order valence-electron chi connectivity index (χ0n) is 13.2. The Labute approximate surface area is 136 Å². The highest BCUT2D eigenvalue weighted by atomic mass is 16.2. The van der Waals surface area contributed by atoms with Gasteiger partial charge < -0.3 is 15.2 Å². The van der Waals surface area contributed by atoms with Crippen LogP contribution in [-0.4, -0.2) is 33.5 Å². The minimum atomic E-state index is 0.0680. The number of benzene rings is 1. The predicted octanol–water partition coefficient (Wildman–Crippen LogP) is 3.09. The molecule has 1 aliphatic heterocycles. The first-order valence-electron chi connectivity index (χ1n) is 8.48. The summed E-state index contributed by atoms with van der Waals surface area (Å²) in [7, 11) is 0. The molecular weight excluding hydrogens is 288 g/mol. The first kappa shape index (κ1) is 14.3. The number of aromatic nitrogens is 2. The van der Waals surface area contributed by atoms with Gasteiger partial charge >= 0.3 is 6.03 Å². The summed E-state index contributed by atoms with van der Waals surface area (Å²) in [5.74, 6) is 0.897. The van der Waals surface area contributed by atoms with Crippen LogP contribution in [0, 0.1) is 0 Å². The molecule has 2 heterocycles. The number of amides is 2. The number of nitrogens with zero attached hydrogens (tertiary/aromatic N) is 2. The largest absolute Gasteiger partial charge is 0.340 e. The summed E-state index contributed by atoms with van der Waals surface area (Å²) in [6, 6.07) is 10.6. The monoisotopic (exact) mass is 310 g/mol. The summed E-state index contributed by atoms with van der Waals surface area (Å²) < 4.78 is 0. The van der Waals surface area contributed by atoms with E-state index in [2.05, 4.69) is 22.4 Å². The predicted molar refractivity (Wildman–Crippen MR) is 88.9 cm³/mol. The van der Waals surface area contributed by atoms with Crippen LogP contribution in [0.15, 0.2) is 30.3 Å². The lowest BCUT2D eigenvalue weighted by atomic mass is 10.1. The fraction of sp³-hybridized carbons (Fsp3) is 0.444. The number of hydrogen-bond donors (Lipinski definition) is 2. The Kier molecular flexibility index (Phi) is 3.77. The van der Waals surface area contributed by atoms with Crippen molar-refractivity contribution in [2.24, 2.45) is 0 Å². The molecular formula is C18H22N4O. The third kappa shape index (κ3) is 2.96. The number of aromatic amines is 1. The molecule has 0 unspecified atom stereocenters. The van der Waals surface area contributed by atoms with E-state index in [0.717, 1.165) is 48.6 Å². The molecule has 23 heavy (non-hydrogen) atoms. The number of H-pyrrole nitrogens is 1. The van der Waals surface area contributed by atoms with E-state index in [4.69, 9.17) is 4.98 Å². The van der Waals surface area contributed by atoms with Gasteiger partial charge in [0.25, 0.3) is 0 Å². The summed E-state index contributed by atoms with van der Waals surface area (Å²) in [6.45, 7) is 1.36. The molecule has 1 saturated carbocycles. The molecule has 120 valence electrons. The van der Waals surface area contributed by atoms with E-state index in [-0.39, 0.29) is 6.03 Å². The average Bonchev–Trinajstić information content (AvgIpc) is 3.24. The molecule has 5 heteroatoms. The van der Waals surface area contributed by atoms with Crippen LogP contribution in [0.2, 0.25) is 0 Å². The molecule has 2 aromatic rings. The second-order valence-electron chi connectivity index (χ2n) is 6.48. The Hall–Kier alpha value is -2.30. The maximum absolute atomic E-state index is 12.4. The Balaban J connectivity index is 1.46. The van der Waals surface area contributed by atoms with Crippen molar-refractivity contribution in [2.75, 3.05) is 6.54 Å². The van der Waals surface area contributed by atoms with E-state index < -0.39 is 0 Å². The summed E-state index contributed by atoms with van der Waals surface area (Å²) in [5.41, 5.74) is 3.24. The fourth-order valence-electron chi connectivity index (χ4n) is 3.54. The maximum Gasteiger partial charge on any atom is 0.317 e. The van der Waals surface area contributed by atoms with Gasteiger partial charge in [0.15, 0.2) is 0 Å². The lowest BCUT2D eigenvalue weighted by molar-refractivity contribution is 0.187. The topological polar surface area (TPSA) is 61.0 Å². The molecule has 1 aliphatic carbocycles. The van der Waals surface area contributed by atoms with Crippen LogP contribution in [0.5, 0.6) is 0 Å². The Morgan fingerprint density at radius 1 is 1.22 bits per heavy atom. The van der Waals surface area contributed by atoms with Gasteiger partial charge in [-0.05, 0) is 12.8 Å². The smallest absolute Gasteiger partial charge is 0.317 e. The van der Waals surface area contributed by atoms with E-state index >= 15 is 0 Å². The van der Waals surface area contributed by atoms with Gasteiger partial charge in [-0.1, -0.05) is 43.2 Å². The summed E-state index contributed by atoms with van der Waals surface area (Å²) in [6.07, 6.45) is 5.52. The van der Waals surface area contributed by atoms with Gasteiger partial charge in [-0.25, -0.2) is 9.78 Å². The molecule has 0 saturated heterocycles. The van der Waals surface area contributed by atoms with E-state index in [1.165, 1.54) is 12.8 Å². The van der Waals surface area contributed by atoms with Crippen molar-refractivity contribution in [1.82, 2.24) is 20.2 Å². The number of carbonyl (C=O) groups is 1. The van der Waals surface area contributed by atoms with Crippen LogP contribution < -0.4 is 5.32 Å². The number of hydrogen-bond acceptors (Lipinski definition) is 2. The lowest BCUT2D eigenvalue weighted by Crippen LogP contribution is -2.46. The van der Waals surface area contributed by atoms with E-state index in [1.807, 2.05) is 23.1 Å². The molecule has 1 aromatic heterocycles. The molecule has 0 atom stereocenters. The lowest BCUT2D eigenvalue weighted by Gasteiger charge is -2.27. The van der Waals surface area contributed by atoms with Crippen LogP contribution in [0.4, 0.5) is 4.79 Å². The molecule has 1 aromatic carbocycles. The third-order valence-corrected chi connectivity index (χ3v) is 4.85. The van der Waals surface area contributed by atoms with Gasteiger partial charge in [-0.3, -0.25) is 0 Å². The molecule has 2 N–H and O–H groups in total. The molecule has 5 nitrogen and oxygen atoms in total. The van der Waals surface area contributed by atoms with Crippen molar-refractivity contribution in [2.45, 2.75) is 44.7 Å². The van der Waals surface area contributed by atoms with Crippen molar-refractivity contribution < 1.29 is 4.79 Å². The third-order valence-electron chi connectivity index (χ3n) is 4.85. The minimum Gasteiger partial charge on any atom is -0.340 e. The van der Waals surface area contributed by atoms with Gasteiger partial charge in [0.2, 0.25) is 0 Å². The van der Waals surface area contributed by atoms with E-state index in [1.54, 1.807) is 0 Å². The Bertz CT molecular complexity index is 688. The van der Waals surface area contributed by atoms with Crippen LogP contribution in [0.25, 0.3) is 11.4 Å². The first-order chi connectivity index (χ1) is 11.3. The molecule has 1 fully saturated rings. The fourth-order valence-corrected chi connectivity index (χ4v) is 3.54. The summed E-state index contributed by atoms with van der Waals surface area (Å²) in [4.78, 5) is 22.4. The highest BCUT2D eigenvalue weighted by Crippen LogP contribution is 2.23. The van der Waals surface area contributed by atoms with Gasteiger partial charge in [0.1, 0.15) is 5.82 Å². The molecule has 0 spiro atoms. The van der Waals surface area contributed by atoms with Crippen molar-refractivity contribution in [3.8, 4) is 11.4 Å². The van der Waals surface area contributed by atoms with Crippen molar-refractivity contribution in [1.29, 1.82) is 0 Å². The van der Waals surface area contributed by atoms with Gasteiger partial charge in [0, 0.05) is 24.6 Å². The van der Waals surface area contributed by atoms with E-state index in [9.17, 15) is 4.79 Å². The van der Waals surface area contributed by atoms with Gasteiger partial charge in [-0.2, -0.15) is 0 Å². The Morgan fingerprint density at radius 2 is 2.00 bits per heavy atom. The SMILES string of the molecule is O=C(NC1CCCC1)N1CCc2nc(-c3ccccc3)[nH]c2C1. The second kappa shape index (κ2) is 6.07. The van der Waals surface area contributed by atoms with Crippen LogP contribution in [0.1, 0.15) is 37.1 Å². The number of nitrogens with one attached hydrogen (secondary N) is 2. The number of carbonyl (C=O) groups excluding carboxylic acids is 1. The van der Waals surface area contributed by atoms with Gasteiger partial charge in [0.05, 0.1) is 17.9 Å².